The average molecular weight is 373 g/mol. The van der Waals surface area contributed by atoms with E-state index in [1.165, 1.54) is 0 Å². The zero-order valence-corrected chi connectivity index (χ0v) is 16.5. The van der Waals surface area contributed by atoms with Crippen LogP contribution in [-0.2, 0) is 0 Å². The number of nitrogens with zero attached hydrogens (tertiary/aromatic N) is 6. The average Bonchev–Trinajstić information content (AvgIpc) is 3.18. The predicted molar refractivity (Wildman–Crippen MR) is 111 cm³/mol. The Bertz CT molecular complexity index is 1110. The fraction of sp³-hybridized carbons (Fsp3) is 0.286. The van der Waals surface area contributed by atoms with E-state index >= 15 is 0 Å². The van der Waals surface area contributed by atoms with E-state index in [0.29, 0.717) is 23.6 Å². The normalized spacial score (nSPS) is 11.5. The van der Waals surface area contributed by atoms with Crippen molar-refractivity contribution in [2.75, 3.05) is 5.32 Å². The maximum Gasteiger partial charge on any atom is 0.154 e. The van der Waals surface area contributed by atoms with Crippen LogP contribution in [0.4, 0.5) is 11.6 Å². The van der Waals surface area contributed by atoms with Gasteiger partial charge in [-0.3, -0.25) is 9.67 Å². The van der Waals surface area contributed by atoms with Crippen molar-refractivity contribution in [3.05, 3.63) is 54.6 Å². The summed E-state index contributed by atoms with van der Waals surface area (Å²) in [7, 11) is 0. The Morgan fingerprint density at radius 1 is 0.893 bits per heavy atom. The molecule has 1 N–H and O–H groups in total. The largest absolute Gasteiger partial charge is 0.323 e. The molecule has 0 amide bonds. The maximum absolute atomic E-state index is 4.70. The van der Waals surface area contributed by atoms with Crippen molar-refractivity contribution in [2.24, 2.45) is 0 Å². The fourth-order valence-electron chi connectivity index (χ4n) is 2.89. The van der Waals surface area contributed by atoms with Crippen LogP contribution in [0, 0.1) is 0 Å². The molecular weight excluding hydrogens is 350 g/mol. The number of anilines is 2. The van der Waals surface area contributed by atoms with Crippen LogP contribution in [0.15, 0.2) is 49.1 Å². The lowest BCUT2D eigenvalue weighted by Gasteiger charge is -2.09. The predicted octanol–water partition coefficient (Wildman–Crippen LogP) is 4.73. The summed E-state index contributed by atoms with van der Waals surface area (Å²) < 4.78 is 1.94. The minimum absolute atomic E-state index is 0.318. The van der Waals surface area contributed by atoms with Crippen molar-refractivity contribution in [3.8, 4) is 11.1 Å². The molecule has 0 bridgehead atoms. The van der Waals surface area contributed by atoms with Crippen molar-refractivity contribution in [1.82, 2.24) is 29.9 Å². The topological polar surface area (TPSA) is 81.4 Å². The third-order valence-corrected chi connectivity index (χ3v) is 4.60. The summed E-state index contributed by atoms with van der Waals surface area (Å²) in [6, 6.07) is 8.20. The highest BCUT2D eigenvalue weighted by Crippen LogP contribution is 2.24. The molecule has 0 spiro atoms. The van der Waals surface area contributed by atoms with Crippen LogP contribution in [0.1, 0.15) is 45.2 Å². The van der Waals surface area contributed by atoms with Gasteiger partial charge in [0.25, 0.3) is 0 Å². The van der Waals surface area contributed by atoms with Crippen LogP contribution in [-0.4, -0.2) is 29.9 Å². The van der Waals surface area contributed by atoms with E-state index in [1.54, 1.807) is 6.20 Å². The summed E-state index contributed by atoms with van der Waals surface area (Å²) in [5.74, 6) is 1.78. The first-order valence-electron chi connectivity index (χ1n) is 9.40. The highest BCUT2D eigenvalue weighted by molar-refractivity contribution is 5.81. The van der Waals surface area contributed by atoms with Gasteiger partial charge in [-0.15, -0.1) is 5.10 Å². The second kappa shape index (κ2) is 7.34. The van der Waals surface area contributed by atoms with E-state index in [9.17, 15) is 0 Å². The van der Waals surface area contributed by atoms with Gasteiger partial charge in [-0.05, 0) is 49.6 Å². The smallest absolute Gasteiger partial charge is 0.154 e. The van der Waals surface area contributed by atoms with Crippen LogP contribution in [0.2, 0.25) is 0 Å². The van der Waals surface area contributed by atoms with E-state index in [0.717, 1.165) is 27.7 Å². The molecule has 0 atom stereocenters. The highest BCUT2D eigenvalue weighted by Gasteiger charge is 2.08. The molecule has 0 radical (unpaired) electrons. The number of nitrogens with one attached hydrogen (secondary N) is 1. The Labute approximate surface area is 163 Å². The molecule has 0 aliphatic rings. The lowest BCUT2D eigenvalue weighted by Crippen LogP contribution is -2.00. The molecule has 4 aromatic heterocycles. The number of hydrogen-bond acceptors (Lipinski definition) is 6. The number of rotatable bonds is 5. The number of pyridine rings is 2. The highest BCUT2D eigenvalue weighted by atomic mass is 15.3. The van der Waals surface area contributed by atoms with Gasteiger partial charge < -0.3 is 5.32 Å². The number of fused-ring (bicyclic) bond motifs is 1. The van der Waals surface area contributed by atoms with Crippen LogP contribution in [0.5, 0.6) is 0 Å². The molecule has 0 fully saturated rings. The third kappa shape index (κ3) is 3.69. The van der Waals surface area contributed by atoms with Crippen LogP contribution < -0.4 is 5.32 Å². The molecule has 0 saturated carbocycles. The molecule has 0 unspecified atom stereocenters. The Balaban J connectivity index is 1.65. The van der Waals surface area contributed by atoms with Crippen molar-refractivity contribution in [1.29, 1.82) is 0 Å². The zero-order valence-electron chi connectivity index (χ0n) is 16.5. The second-order valence-electron chi connectivity index (χ2n) is 7.42. The van der Waals surface area contributed by atoms with Gasteiger partial charge in [-0.1, -0.05) is 13.8 Å². The van der Waals surface area contributed by atoms with Crippen LogP contribution in [0.3, 0.4) is 0 Å². The summed E-state index contributed by atoms with van der Waals surface area (Å²) in [5, 5.41) is 15.9. The van der Waals surface area contributed by atoms with Crippen molar-refractivity contribution < 1.29 is 0 Å². The van der Waals surface area contributed by atoms with Gasteiger partial charge in [0.15, 0.2) is 5.82 Å². The summed E-state index contributed by atoms with van der Waals surface area (Å²) in [5.41, 5.74) is 4.80. The number of aromatic nitrogens is 6. The van der Waals surface area contributed by atoms with Gasteiger partial charge in [0.2, 0.25) is 0 Å². The van der Waals surface area contributed by atoms with E-state index < -0.39 is 0 Å². The second-order valence-corrected chi connectivity index (χ2v) is 7.42. The van der Waals surface area contributed by atoms with Gasteiger partial charge in [-0.2, -0.15) is 10.2 Å². The van der Waals surface area contributed by atoms with E-state index in [4.69, 9.17) is 4.98 Å². The minimum atomic E-state index is 0.318. The zero-order chi connectivity index (χ0) is 19.7. The third-order valence-electron chi connectivity index (χ3n) is 4.60. The Kier molecular flexibility index (Phi) is 4.73. The van der Waals surface area contributed by atoms with Gasteiger partial charge in [0.05, 0.1) is 23.4 Å². The van der Waals surface area contributed by atoms with E-state index in [1.807, 2.05) is 47.5 Å². The first-order valence-corrected chi connectivity index (χ1v) is 9.40. The Morgan fingerprint density at radius 3 is 2.50 bits per heavy atom. The van der Waals surface area contributed by atoms with Gasteiger partial charge in [-0.25, -0.2) is 4.98 Å². The number of hydrogen-bond donors (Lipinski definition) is 1. The molecule has 0 aliphatic heterocycles. The minimum Gasteiger partial charge on any atom is -0.323 e. The molecule has 0 saturated heterocycles. The monoisotopic (exact) mass is 373 g/mol. The lowest BCUT2D eigenvalue weighted by molar-refractivity contribution is 0.532. The van der Waals surface area contributed by atoms with Crippen molar-refractivity contribution in [2.45, 2.75) is 39.7 Å². The van der Waals surface area contributed by atoms with Crippen LogP contribution in [0.25, 0.3) is 22.2 Å². The molecule has 142 valence electrons. The molecule has 28 heavy (non-hydrogen) atoms. The van der Waals surface area contributed by atoms with E-state index in [2.05, 4.69) is 53.3 Å². The molecule has 0 aromatic carbocycles. The summed E-state index contributed by atoms with van der Waals surface area (Å²) in [6.45, 7) is 8.46. The van der Waals surface area contributed by atoms with Crippen molar-refractivity contribution in [3.63, 3.8) is 0 Å². The Hall–Kier alpha value is -3.35. The van der Waals surface area contributed by atoms with Crippen LogP contribution >= 0.6 is 0 Å². The van der Waals surface area contributed by atoms with E-state index in [-0.39, 0.29) is 0 Å². The first kappa shape index (κ1) is 18.0. The summed E-state index contributed by atoms with van der Waals surface area (Å²) in [6.07, 6.45) is 7.54. The molecule has 7 nitrogen and oxygen atoms in total. The van der Waals surface area contributed by atoms with Gasteiger partial charge >= 0.3 is 0 Å². The molecule has 4 rings (SSSR count). The SMILES string of the molecule is CC(C)c1cnnc(Nc2ccc3ncc(-c4cnn(C(C)C)c4)cc3n2)c1. The summed E-state index contributed by atoms with van der Waals surface area (Å²) in [4.78, 5) is 9.25. The van der Waals surface area contributed by atoms with Gasteiger partial charge in [0.1, 0.15) is 5.82 Å². The van der Waals surface area contributed by atoms with Crippen molar-refractivity contribution >= 4 is 22.7 Å². The lowest BCUT2D eigenvalue weighted by atomic mass is 10.1. The maximum atomic E-state index is 4.70. The molecular formula is C21H23N7. The first-order chi connectivity index (χ1) is 13.5. The standard InChI is InChI=1S/C21H23N7/c1-13(2)15-8-21(27-23-10-15)26-20-6-5-18-19(25-20)7-16(9-22-18)17-11-24-28(12-17)14(3)4/h5-14H,1-4H3,(H,25,26,27). The Morgan fingerprint density at radius 2 is 1.75 bits per heavy atom. The molecule has 4 aromatic rings. The molecule has 0 aliphatic carbocycles. The quantitative estimate of drug-likeness (QED) is 0.544. The summed E-state index contributed by atoms with van der Waals surface area (Å²) >= 11 is 0. The molecule has 7 heteroatoms. The van der Waals surface area contributed by atoms with Gasteiger partial charge in [0, 0.05) is 29.6 Å². The molecule has 4 heterocycles. The fourth-order valence-corrected chi connectivity index (χ4v) is 2.89.